The second-order valence-corrected chi connectivity index (χ2v) is 9.28. The summed E-state index contributed by atoms with van der Waals surface area (Å²) in [5.41, 5.74) is -0.933. The highest BCUT2D eigenvalue weighted by molar-refractivity contribution is 7.91. The number of benzene rings is 1. The number of hydrogen-bond acceptors (Lipinski definition) is 6. The van der Waals surface area contributed by atoms with Gasteiger partial charge < -0.3 is 14.7 Å². The molecule has 3 rings (SSSR count). The summed E-state index contributed by atoms with van der Waals surface area (Å²) in [6.45, 7) is 4.97. The molecule has 0 amide bonds. The fraction of sp³-hybridized carbons (Fsp3) is 0.667. The second kappa shape index (κ2) is 8.14. The standard InChI is InChI=1S/C18H28N2O4S/c21-18(14-19-8-4-5-9-19)15-20(10-12-24-16-18)11-13-25(22,23)17-6-2-1-3-7-17/h1-3,6-7,21H,4-5,8-16H2/t18-/m0/s1. The van der Waals surface area contributed by atoms with Crippen molar-refractivity contribution in [1.82, 2.24) is 9.80 Å². The van der Waals surface area contributed by atoms with Gasteiger partial charge in [0, 0.05) is 26.2 Å². The summed E-state index contributed by atoms with van der Waals surface area (Å²) in [7, 11) is -3.31. The van der Waals surface area contributed by atoms with Gasteiger partial charge in [-0.1, -0.05) is 18.2 Å². The fourth-order valence-electron chi connectivity index (χ4n) is 3.64. The van der Waals surface area contributed by atoms with Crippen LogP contribution >= 0.6 is 0 Å². The number of aliphatic hydroxyl groups is 1. The SMILES string of the molecule is O=S(=O)(CCN1CCOC[C@](O)(CN2CCCC2)C1)c1ccccc1. The highest BCUT2D eigenvalue weighted by atomic mass is 32.2. The van der Waals surface area contributed by atoms with Crippen molar-refractivity contribution >= 4 is 9.84 Å². The molecule has 0 aliphatic carbocycles. The molecular weight excluding hydrogens is 340 g/mol. The van der Waals surface area contributed by atoms with E-state index in [1.54, 1.807) is 24.3 Å². The number of β-amino-alcohol motifs (C(OH)–C–C–N with tert-alkyl or cyclic N) is 1. The number of rotatable bonds is 6. The first-order valence-corrected chi connectivity index (χ1v) is 10.6. The van der Waals surface area contributed by atoms with E-state index in [0.29, 0.717) is 44.3 Å². The molecule has 2 aliphatic heterocycles. The highest BCUT2D eigenvalue weighted by Crippen LogP contribution is 2.18. The molecule has 7 heteroatoms. The summed E-state index contributed by atoms with van der Waals surface area (Å²) in [4.78, 5) is 4.64. The van der Waals surface area contributed by atoms with Crippen LogP contribution in [0.5, 0.6) is 0 Å². The van der Waals surface area contributed by atoms with Gasteiger partial charge in [-0.3, -0.25) is 4.90 Å². The van der Waals surface area contributed by atoms with Crippen LogP contribution in [0.25, 0.3) is 0 Å². The Morgan fingerprint density at radius 3 is 2.52 bits per heavy atom. The molecule has 1 aromatic rings. The predicted octanol–water partition coefficient (Wildman–Crippen LogP) is 0.619. The first-order chi connectivity index (χ1) is 12.0. The van der Waals surface area contributed by atoms with Crippen molar-refractivity contribution in [2.24, 2.45) is 0 Å². The van der Waals surface area contributed by atoms with Crippen LogP contribution in [-0.2, 0) is 14.6 Å². The van der Waals surface area contributed by atoms with Crippen LogP contribution < -0.4 is 0 Å². The van der Waals surface area contributed by atoms with Gasteiger partial charge in [0.1, 0.15) is 5.60 Å². The van der Waals surface area contributed by atoms with Gasteiger partial charge in [-0.15, -0.1) is 0 Å². The monoisotopic (exact) mass is 368 g/mol. The molecule has 2 fully saturated rings. The summed E-state index contributed by atoms with van der Waals surface area (Å²) in [6, 6.07) is 8.54. The lowest BCUT2D eigenvalue weighted by Crippen LogP contribution is -2.52. The van der Waals surface area contributed by atoms with Crippen LogP contribution in [0.15, 0.2) is 35.2 Å². The molecule has 0 bridgehead atoms. The molecule has 0 spiro atoms. The average Bonchev–Trinajstić information content (AvgIpc) is 3.02. The third-order valence-electron chi connectivity index (χ3n) is 4.94. The van der Waals surface area contributed by atoms with Crippen LogP contribution in [0.4, 0.5) is 0 Å². The summed E-state index contributed by atoms with van der Waals surface area (Å²) >= 11 is 0. The average molecular weight is 368 g/mol. The minimum atomic E-state index is -3.31. The molecule has 25 heavy (non-hydrogen) atoms. The zero-order chi connectivity index (χ0) is 17.8. The predicted molar refractivity (Wildman–Crippen MR) is 96.4 cm³/mol. The molecule has 2 heterocycles. The van der Waals surface area contributed by atoms with Gasteiger partial charge in [-0.2, -0.15) is 0 Å². The highest BCUT2D eigenvalue weighted by Gasteiger charge is 2.35. The van der Waals surface area contributed by atoms with Crippen molar-refractivity contribution in [2.45, 2.75) is 23.3 Å². The lowest BCUT2D eigenvalue weighted by Gasteiger charge is -2.34. The minimum Gasteiger partial charge on any atom is -0.385 e. The Bertz CT molecular complexity index is 646. The number of likely N-dealkylation sites (tertiary alicyclic amines) is 1. The quantitative estimate of drug-likeness (QED) is 0.794. The third-order valence-corrected chi connectivity index (χ3v) is 6.65. The molecule has 0 aromatic heterocycles. The number of hydrogen-bond donors (Lipinski definition) is 1. The van der Waals surface area contributed by atoms with Crippen molar-refractivity contribution in [3.05, 3.63) is 30.3 Å². The van der Waals surface area contributed by atoms with Crippen LogP contribution in [-0.4, -0.2) is 87.2 Å². The van der Waals surface area contributed by atoms with Crippen molar-refractivity contribution in [2.75, 3.05) is 58.2 Å². The van der Waals surface area contributed by atoms with Crippen LogP contribution in [0.1, 0.15) is 12.8 Å². The van der Waals surface area contributed by atoms with Gasteiger partial charge >= 0.3 is 0 Å². The van der Waals surface area contributed by atoms with Gasteiger partial charge in [-0.05, 0) is 38.1 Å². The summed E-state index contributed by atoms with van der Waals surface area (Å²) in [5, 5.41) is 11.0. The summed E-state index contributed by atoms with van der Waals surface area (Å²) in [6.07, 6.45) is 2.35. The van der Waals surface area contributed by atoms with Crippen molar-refractivity contribution < 1.29 is 18.3 Å². The molecule has 0 unspecified atom stereocenters. The van der Waals surface area contributed by atoms with E-state index in [4.69, 9.17) is 4.74 Å². The number of sulfone groups is 1. The van der Waals surface area contributed by atoms with Crippen molar-refractivity contribution in [3.63, 3.8) is 0 Å². The Kier molecular flexibility index (Phi) is 6.12. The van der Waals surface area contributed by atoms with Crippen LogP contribution in [0, 0.1) is 0 Å². The summed E-state index contributed by atoms with van der Waals surface area (Å²) < 4.78 is 30.5. The van der Waals surface area contributed by atoms with Gasteiger partial charge in [0.15, 0.2) is 9.84 Å². The lowest BCUT2D eigenvalue weighted by atomic mass is 10.0. The van der Waals surface area contributed by atoms with E-state index in [1.165, 1.54) is 12.8 Å². The molecule has 140 valence electrons. The number of nitrogens with zero attached hydrogens (tertiary/aromatic N) is 2. The van der Waals surface area contributed by atoms with E-state index in [1.807, 2.05) is 11.0 Å². The molecule has 1 aromatic carbocycles. The maximum absolute atomic E-state index is 12.5. The lowest BCUT2D eigenvalue weighted by molar-refractivity contribution is -0.0539. The molecule has 1 N–H and O–H groups in total. The first-order valence-electron chi connectivity index (χ1n) is 9.00. The van der Waals surface area contributed by atoms with E-state index < -0.39 is 15.4 Å². The molecule has 0 radical (unpaired) electrons. The Labute approximate surface area is 150 Å². The molecule has 6 nitrogen and oxygen atoms in total. The second-order valence-electron chi connectivity index (χ2n) is 7.17. The van der Waals surface area contributed by atoms with E-state index in [0.717, 1.165) is 13.1 Å². The van der Waals surface area contributed by atoms with Crippen molar-refractivity contribution in [3.8, 4) is 0 Å². The maximum atomic E-state index is 12.5. The maximum Gasteiger partial charge on any atom is 0.179 e. The zero-order valence-electron chi connectivity index (χ0n) is 14.6. The van der Waals surface area contributed by atoms with Crippen LogP contribution in [0.3, 0.4) is 0 Å². The number of ether oxygens (including phenoxy) is 1. The van der Waals surface area contributed by atoms with Gasteiger partial charge in [0.05, 0.1) is 23.9 Å². The Hall–Kier alpha value is -0.990. The van der Waals surface area contributed by atoms with E-state index >= 15 is 0 Å². The zero-order valence-corrected chi connectivity index (χ0v) is 15.5. The molecule has 0 saturated carbocycles. The van der Waals surface area contributed by atoms with Crippen molar-refractivity contribution in [1.29, 1.82) is 0 Å². The van der Waals surface area contributed by atoms with Gasteiger partial charge in [-0.25, -0.2) is 8.42 Å². The smallest absolute Gasteiger partial charge is 0.179 e. The molecule has 1 atom stereocenters. The minimum absolute atomic E-state index is 0.0524. The van der Waals surface area contributed by atoms with Crippen LogP contribution in [0.2, 0.25) is 0 Å². The molecule has 2 aliphatic rings. The normalized spacial score (nSPS) is 26.6. The largest absolute Gasteiger partial charge is 0.385 e. The Balaban J connectivity index is 1.59. The van der Waals surface area contributed by atoms with E-state index in [2.05, 4.69) is 4.90 Å². The Morgan fingerprint density at radius 1 is 1.08 bits per heavy atom. The summed E-state index contributed by atoms with van der Waals surface area (Å²) in [5.74, 6) is 0.0524. The topological polar surface area (TPSA) is 70.1 Å². The first kappa shape index (κ1) is 18.8. The molecular formula is C18H28N2O4S. The third kappa shape index (κ3) is 5.24. The van der Waals surface area contributed by atoms with E-state index in [-0.39, 0.29) is 5.75 Å². The molecule has 2 saturated heterocycles. The van der Waals surface area contributed by atoms with E-state index in [9.17, 15) is 13.5 Å². The van der Waals surface area contributed by atoms with Gasteiger partial charge in [0.2, 0.25) is 0 Å². The van der Waals surface area contributed by atoms with Gasteiger partial charge in [0.25, 0.3) is 0 Å². The fourth-order valence-corrected chi connectivity index (χ4v) is 4.94. The Morgan fingerprint density at radius 2 is 1.80 bits per heavy atom.